The second-order valence-electron chi connectivity index (χ2n) is 3.83. The maximum atomic E-state index is 12.1. The van der Waals surface area contributed by atoms with E-state index in [1.807, 2.05) is 0 Å². The lowest BCUT2D eigenvalue weighted by Crippen LogP contribution is -2.24. The molecule has 0 aliphatic heterocycles. The van der Waals surface area contributed by atoms with Crippen molar-refractivity contribution in [2.24, 2.45) is 0 Å². The largest absolute Gasteiger partial charge is 0.398 e. The minimum absolute atomic E-state index is 0.0535. The first-order chi connectivity index (χ1) is 8.99. The van der Waals surface area contributed by atoms with Crippen LogP contribution >= 0.6 is 15.9 Å². The first kappa shape index (κ1) is 14.0. The average molecular weight is 342 g/mol. The Balaban J connectivity index is 2.21. The number of pyridine rings is 1. The molecule has 0 spiro atoms. The summed E-state index contributed by atoms with van der Waals surface area (Å²) in [4.78, 5) is 4.10. The van der Waals surface area contributed by atoms with Crippen LogP contribution in [0.4, 0.5) is 5.69 Å². The Labute approximate surface area is 120 Å². The fourth-order valence-electron chi connectivity index (χ4n) is 1.49. The molecule has 7 heteroatoms. The van der Waals surface area contributed by atoms with Gasteiger partial charge >= 0.3 is 0 Å². The van der Waals surface area contributed by atoms with E-state index in [0.717, 1.165) is 0 Å². The number of nitrogen functional groups attached to an aromatic ring is 1. The molecule has 0 radical (unpaired) electrons. The van der Waals surface area contributed by atoms with Crippen molar-refractivity contribution in [1.29, 1.82) is 0 Å². The fourth-order valence-corrected chi connectivity index (χ4v) is 3.16. The normalized spacial score (nSPS) is 11.4. The number of hydrogen-bond donors (Lipinski definition) is 2. The number of anilines is 1. The third-order valence-electron chi connectivity index (χ3n) is 2.43. The number of nitrogens with two attached hydrogens (primary N) is 1. The molecule has 0 saturated carbocycles. The van der Waals surface area contributed by atoms with E-state index in [4.69, 9.17) is 5.73 Å². The van der Waals surface area contributed by atoms with Crippen molar-refractivity contribution < 1.29 is 8.42 Å². The van der Waals surface area contributed by atoms with Crippen LogP contribution in [0.1, 0.15) is 5.69 Å². The van der Waals surface area contributed by atoms with Crippen molar-refractivity contribution in [1.82, 2.24) is 9.71 Å². The second kappa shape index (κ2) is 5.68. The van der Waals surface area contributed by atoms with E-state index in [0.29, 0.717) is 10.2 Å². The fraction of sp³-hybridized carbons (Fsp3) is 0.0833. The number of benzene rings is 1. The highest BCUT2D eigenvalue weighted by molar-refractivity contribution is 9.10. The van der Waals surface area contributed by atoms with E-state index in [2.05, 4.69) is 25.6 Å². The van der Waals surface area contributed by atoms with Gasteiger partial charge in [0.25, 0.3) is 0 Å². The summed E-state index contributed by atoms with van der Waals surface area (Å²) < 4.78 is 27.4. The Bertz CT molecular complexity index is 675. The summed E-state index contributed by atoms with van der Waals surface area (Å²) in [5.41, 5.74) is 6.53. The van der Waals surface area contributed by atoms with Gasteiger partial charge in [-0.25, -0.2) is 13.1 Å². The van der Waals surface area contributed by atoms with E-state index < -0.39 is 10.0 Å². The molecule has 0 amide bonds. The highest BCUT2D eigenvalue weighted by atomic mass is 79.9. The Kier molecular flexibility index (Phi) is 4.18. The molecule has 0 fully saturated rings. The summed E-state index contributed by atoms with van der Waals surface area (Å²) in [6.07, 6.45) is 1.61. The molecule has 1 aromatic heterocycles. The lowest BCUT2D eigenvalue weighted by molar-refractivity contribution is 0.581. The molecular weight excluding hydrogens is 330 g/mol. The van der Waals surface area contributed by atoms with Gasteiger partial charge < -0.3 is 5.73 Å². The van der Waals surface area contributed by atoms with Crippen LogP contribution < -0.4 is 10.5 Å². The summed E-state index contributed by atoms with van der Waals surface area (Å²) >= 11 is 3.22. The highest BCUT2D eigenvalue weighted by Gasteiger charge is 2.17. The van der Waals surface area contributed by atoms with Crippen LogP contribution in [0.3, 0.4) is 0 Å². The lowest BCUT2D eigenvalue weighted by atomic mass is 10.3. The Morgan fingerprint density at radius 1 is 1.26 bits per heavy atom. The maximum Gasteiger partial charge on any atom is 0.243 e. The SMILES string of the molecule is Nc1ccc(Br)cc1S(=O)(=O)NCc1ccccn1. The lowest BCUT2D eigenvalue weighted by Gasteiger charge is -2.09. The highest BCUT2D eigenvalue weighted by Crippen LogP contribution is 2.22. The van der Waals surface area contributed by atoms with Crippen molar-refractivity contribution in [2.75, 3.05) is 5.73 Å². The van der Waals surface area contributed by atoms with Crippen molar-refractivity contribution in [3.63, 3.8) is 0 Å². The second-order valence-corrected chi connectivity index (χ2v) is 6.48. The van der Waals surface area contributed by atoms with E-state index >= 15 is 0 Å². The van der Waals surface area contributed by atoms with Crippen LogP contribution in [-0.2, 0) is 16.6 Å². The minimum Gasteiger partial charge on any atom is -0.398 e. The van der Waals surface area contributed by atoms with Gasteiger partial charge in [0.2, 0.25) is 10.0 Å². The first-order valence-electron chi connectivity index (χ1n) is 5.43. The third-order valence-corrected chi connectivity index (χ3v) is 4.38. The van der Waals surface area contributed by atoms with Crippen molar-refractivity contribution in [3.8, 4) is 0 Å². The number of rotatable bonds is 4. The van der Waals surface area contributed by atoms with Crippen molar-refractivity contribution in [2.45, 2.75) is 11.4 Å². The average Bonchev–Trinajstić information content (AvgIpc) is 2.40. The Morgan fingerprint density at radius 3 is 2.74 bits per heavy atom. The predicted molar refractivity (Wildman–Crippen MR) is 76.8 cm³/mol. The van der Waals surface area contributed by atoms with Gasteiger partial charge in [-0.1, -0.05) is 22.0 Å². The summed E-state index contributed by atoms with van der Waals surface area (Å²) in [7, 11) is -3.66. The van der Waals surface area contributed by atoms with E-state index in [-0.39, 0.29) is 17.1 Å². The van der Waals surface area contributed by atoms with Gasteiger partial charge in [0.05, 0.1) is 17.9 Å². The minimum atomic E-state index is -3.66. The number of halogens is 1. The molecule has 3 N–H and O–H groups in total. The van der Waals surface area contributed by atoms with Gasteiger partial charge in [-0.2, -0.15) is 0 Å². The van der Waals surface area contributed by atoms with Crippen LogP contribution in [0.15, 0.2) is 52.0 Å². The molecule has 2 aromatic rings. The Morgan fingerprint density at radius 2 is 2.05 bits per heavy atom. The third kappa shape index (κ3) is 3.52. The monoisotopic (exact) mass is 341 g/mol. The smallest absolute Gasteiger partial charge is 0.243 e. The molecular formula is C12H12BrN3O2S. The number of sulfonamides is 1. The molecule has 1 aromatic carbocycles. The summed E-state index contributed by atoms with van der Waals surface area (Å²) in [6.45, 7) is 0.120. The molecule has 0 atom stereocenters. The Hall–Kier alpha value is -1.44. The van der Waals surface area contributed by atoms with Crippen LogP contribution in [0.5, 0.6) is 0 Å². The van der Waals surface area contributed by atoms with E-state index in [9.17, 15) is 8.42 Å². The molecule has 0 saturated heterocycles. The van der Waals surface area contributed by atoms with Gasteiger partial charge in [-0.15, -0.1) is 0 Å². The zero-order valence-corrected chi connectivity index (χ0v) is 12.3. The van der Waals surface area contributed by atoms with Gasteiger partial charge in [-0.3, -0.25) is 4.98 Å². The molecule has 2 rings (SSSR count). The van der Waals surface area contributed by atoms with Crippen LogP contribution in [0.2, 0.25) is 0 Å². The number of hydrogen-bond acceptors (Lipinski definition) is 4. The molecule has 19 heavy (non-hydrogen) atoms. The summed E-state index contributed by atoms with van der Waals surface area (Å²) in [6, 6.07) is 10.0. The van der Waals surface area contributed by atoms with Gasteiger partial charge in [0, 0.05) is 10.7 Å². The standard InChI is InChI=1S/C12H12BrN3O2S/c13-9-4-5-11(14)12(7-9)19(17,18)16-8-10-3-1-2-6-15-10/h1-7,16H,8,14H2. The van der Waals surface area contributed by atoms with E-state index in [1.165, 1.54) is 6.07 Å². The number of aromatic nitrogens is 1. The van der Waals surface area contributed by atoms with Gasteiger partial charge in [0.15, 0.2) is 0 Å². The zero-order valence-electron chi connectivity index (χ0n) is 9.88. The first-order valence-corrected chi connectivity index (χ1v) is 7.71. The van der Waals surface area contributed by atoms with Crippen molar-refractivity contribution >= 4 is 31.6 Å². The van der Waals surface area contributed by atoms with Gasteiger partial charge in [-0.05, 0) is 30.3 Å². The number of nitrogens with zero attached hydrogens (tertiary/aromatic N) is 1. The molecule has 5 nitrogen and oxygen atoms in total. The van der Waals surface area contributed by atoms with Crippen LogP contribution in [-0.4, -0.2) is 13.4 Å². The van der Waals surface area contributed by atoms with Crippen molar-refractivity contribution in [3.05, 3.63) is 52.8 Å². The maximum absolute atomic E-state index is 12.1. The molecule has 100 valence electrons. The van der Waals surface area contributed by atoms with Crippen LogP contribution in [0, 0.1) is 0 Å². The predicted octanol–water partition coefficient (Wildman–Crippen LogP) is 1.90. The zero-order chi connectivity index (χ0) is 13.9. The molecule has 0 aliphatic carbocycles. The quantitative estimate of drug-likeness (QED) is 0.831. The number of nitrogens with one attached hydrogen (secondary N) is 1. The van der Waals surface area contributed by atoms with Crippen LogP contribution in [0.25, 0.3) is 0 Å². The molecule has 1 heterocycles. The van der Waals surface area contributed by atoms with Gasteiger partial charge in [0.1, 0.15) is 4.90 Å². The molecule has 0 bridgehead atoms. The summed E-state index contributed by atoms with van der Waals surface area (Å²) in [5, 5.41) is 0. The summed E-state index contributed by atoms with van der Waals surface area (Å²) in [5.74, 6) is 0. The topological polar surface area (TPSA) is 85.1 Å². The van der Waals surface area contributed by atoms with E-state index in [1.54, 1.807) is 36.5 Å². The molecule has 0 unspecified atom stereocenters. The molecule has 0 aliphatic rings.